The van der Waals surface area contributed by atoms with Crippen LogP contribution in [0.25, 0.3) is 0 Å². The van der Waals surface area contributed by atoms with E-state index >= 15 is 0 Å². The minimum absolute atomic E-state index is 0.160. The zero-order chi connectivity index (χ0) is 15.4. The number of nitrogens with zero attached hydrogens (tertiary/aromatic N) is 3. The Labute approximate surface area is 123 Å². The summed E-state index contributed by atoms with van der Waals surface area (Å²) >= 11 is 0. The van der Waals surface area contributed by atoms with E-state index in [0.717, 1.165) is 11.3 Å². The third-order valence-electron chi connectivity index (χ3n) is 3.53. The molecule has 0 aliphatic carbocycles. The van der Waals surface area contributed by atoms with Crippen LogP contribution in [-0.2, 0) is 0 Å². The number of nitrogens with one attached hydrogen (secondary N) is 3. The predicted molar refractivity (Wildman–Crippen MR) is 81.2 cm³/mol. The standard InChI is InChI=1S/C14H20N6O/c1-8(2)10(4)15-12-7-5-6-11(9(12)3)13(21)16-14-17-19-20-18-14/h5-8,10,15H,1-4H3,(H2,16,17,18,19,20,21). The van der Waals surface area contributed by atoms with Crippen LogP contribution in [0.1, 0.15) is 36.7 Å². The van der Waals surface area contributed by atoms with Crippen molar-refractivity contribution in [1.29, 1.82) is 0 Å². The maximum Gasteiger partial charge on any atom is 0.270 e. The van der Waals surface area contributed by atoms with E-state index in [9.17, 15) is 4.79 Å². The van der Waals surface area contributed by atoms with E-state index in [4.69, 9.17) is 0 Å². The summed E-state index contributed by atoms with van der Waals surface area (Å²) in [6.07, 6.45) is 0. The number of aromatic nitrogens is 4. The Morgan fingerprint density at radius 2 is 2.05 bits per heavy atom. The van der Waals surface area contributed by atoms with Gasteiger partial charge in [-0.2, -0.15) is 5.21 Å². The van der Waals surface area contributed by atoms with Crippen LogP contribution < -0.4 is 10.6 Å². The molecule has 1 amide bonds. The third-order valence-corrected chi connectivity index (χ3v) is 3.53. The normalized spacial score (nSPS) is 12.2. The molecule has 1 aromatic carbocycles. The van der Waals surface area contributed by atoms with Crippen LogP contribution in [0.4, 0.5) is 11.6 Å². The molecule has 1 aromatic heterocycles. The molecule has 1 unspecified atom stereocenters. The Morgan fingerprint density at radius 3 is 2.67 bits per heavy atom. The molecule has 112 valence electrons. The molecule has 3 N–H and O–H groups in total. The lowest BCUT2D eigenvalue weighted by Crippen LogP contribution is -2.23. The lowest BCUT2D eigenvalue weighted by Gasteiger charge is -2.21. The summed E-state index contributed by atoms with van der Waals surface area (Å²) in [6.45, 7) is 8.34. The first-order chi connectivity index (χ1) is 9.99. The minimum atomic E-state index is -0.255. The summed E-state index contributed by atoms with van der Waals surface area (Å²) in [5, 5.41) is 19.2. The number of amides is 1. The zero-order valence-electron chi connectivity index (χ0n) is 12.6. The fraction of sp³-hybridized carbons (Fsp3) is 0.429. The van der Waals surface area contributed by atoms with E-state index in [1.807, 2.05) is 19.1 Å². The van der Waals surface area contributed by atoms with Crippen LogP contribution in [0.3, 0.4) is 0 Å². The Hall–Kier alpha value is -2.44. The molecular formula is C14H20N6O. The number of H-pyrrole nitrogens is 1. The number of hydrogen-bond donors (Lipinski definition) is 3. The van der Waals surface area contributed by atoms with Crippen molar-refractivity contribution in [2.24, 2.45) is 5.92 Å². The van der Waals surface area contributed by atoms with Crippen LogP contribution >= 0.6 is 0 Å². The predicted octanol–water partition coefficient (Wildman–Crippen LogP) is 2.22. The molecule has 21 heavy (non-hydrogen) atoms. The number of carbonyl (C=O) groups excluding carboxylic acids is 1. The van der Waals surface area contributed by atoms with Crippen molar-refractivity contribution in [1.82, 2.24) is 20.6 Å². The maximum atomic E-state index is 12.2. The lowest BCUT2D eigenvalue weighted by molar-refractivity contribution is 0.102. The Balaban J connectivity index is 2.19. The molecule has 2 rings (SSSR count). The van der Waals surface area contributed by atoms with Crippen LogP contribution in [0.2, 0.25) is 0 Å². The van der Waals surface area contributed by atoms with Crippen molar-refractivity contribution in [2.75, 3.05) is 10.6 Å². The minimum Gasteiger partial charge on any atom is -0.382 e. The summed E-state index contributed by atoms with van der Waals surface area (Å²) in [4.78, 5) is 12.2. The van der Waals surface area contributed by atoms with Gasteiger partial charge in [-0.25, -0.2) is 0 Å². The van der Waals surface area contributed by atoms with Crippen molar-refractivity contribution >= 4 is 17.5 Å². The van der Waals surface area contributed by atoms with Crippen molar-refractivity contribution in [3.05, 3.63) is 29.3 Å². The highest BCUT2D eigenvalue weighted by atomic mass is 16.1. The molecule has 0 saturated carbocycles. The lowest BCUT2D eigenvalue weighted by atomic mass is 10.0. The average Bonchev–Trinajstić information content (AvgIpc) is 2.93. The highest BCUT2D eigenvalue weighted by Crippen LogP contribution is 2.21. The van der Waals surface area contributed by atoms with Gasteiger partial charge < -0.3 is 5.32 Å². The van der Waals surface area contributed by atoms with Gasteiger partial charge >= 0.3 is 0 Å². The van der Waals surface area contributed by atoms with E-state index in [1.165, 1.54) is 0 Å². The molecule has 0 aliphatic heterocycles. The van der Waals surface area contributed by atoms with Gasteiger partial charge in [-0.15, -0.1) is 5.10 Å². The molecule has 1 heterocycles. The number of rotatable bonds is 5. The van der Waals surface area contributed by atoms with Gasteiger partial charge in [-0.3, -0.25) is 10.1 Å². The van der Waals surface area contributed by atoms with Gasteiger partial charge in [0.2, 0.25) is 0 Å². The van der Waals surface area contributed by atoms with Crippen molar-refractivity contribution < 1.29 is 4.79 Å². The topological polar surface area (TPSA) is 95.6 Å². The molecular weight excluding hydrogens is 268 g/mol. The summed E-state index contributed by atoms with van der Waals surface area (Å²) < 4.78 is 0. The smallest absolute Gasteiger partial charge is 0.270 e. The van der Waals surface area contributed by atoms with Crippen molar-refractivity contribution in [3.63, 3.8) is 0 Å². The van der Waals surface area contributed by atoms with Crippen molar-refractivity contribution in [3.8, 4) is 0 Å². The second-order valence-electron chi connectivity index (χ2n) is 5.34. The summed E-state index contributed by atoms with van der Waals surface area (Å²) in [5.41, 5.74) is 2.43. The van der Waals surface area contributed by atoms with E-state index in [1.54, 1.807) is 6.07 Å². The molecule has 0 aliphatic rings. The number of aromatic amines is 1. The van der Waals surface area contributed by atoms with Crippen LogP contribution in [-0.4, -0.2) is 32.6 Å². The first kappa shape index (κ1) is 15.0. The molecule has 0 saturated heterocycles. The molecule has 1 atom stereocenters. The number of tetrazole rings is 1. The van der Waals surface area contributed by atoms with E-state index in [-0.39, 0.29) is 11.9 Å². The number of hydrogen-bond acceptors (Lipinski definition) is 5. The number of benzene rings is 1. The fourth-order valence-corrected chi connectivity index (χ4v) is 1.83. The second-order valence-corrected chi connectivity index (χ2v) is 5.34. The highest BCUT2D eigenvalue weighted by molar-refractivity contribution is 6.05. The summed E-state index contributed by atoms with van der Waals surface area (Å²) in [5.74, 6) is 0.407. The average molecular weight is 288 g/mol. The van der Waals surface area contributed by atoms with Gasteiger partial charge in [0, 0.05) is 17.3 Å². The number of anilines is 2. The SMILES string of the molecule is Cc1c(NC(C)C(C)C)cccc1C(=O)Nc1nn[nH]n1. The van der Waals surface area contributed by atoms with Gasteiger partial charge in [-0.1, -0.05) is 25.0 Å². The maximum absolute atomic E-state index is 12.2. The molecule has 2 aromatic rings. The second kappa shape index (κ2) is 6.34. The van der Waals surface area contributed by atoms with E-state index < -0.39 is 0 Å². The first-order valence-corrected chi connectivity index (χ1v) is 6.90. The van der Waals surface area contributed by atoms with Crippen LogP contribution in [0.5, 0.6) is 0 Å². The highest BCUT2D eigenvalue weighted by Gasteiger charge is 2.15. The summed E-state index contributed by atoms with van der Waals surface area (Å²) in [6, 6.07) is 5.92. The molecule has 0 radical (unpaired) electrons. The van der Waals surface area contributed by atoms with E-state index in [2.05, 4.69) is 52.0 Å². The third kappa shape index (κ3) is 3.56. The monoisotopic (exact) mass is 288 g/mol. The Kier molecular flexibility index (Phi) is 4.52. The molecule has 0 fully saturated rings. The molecule has 7 nitrogen and oxygen atoms in total. The Morgan fingerprint density at radius 1 is 1.29 bits per heavy atom. The van der Waals surface area contributed by atoms with Gasteiger partial charge in [0.25, 0.3) is 11.9 Å². The molecule has 7 heteroatoms. The summed E-state index contributed by atoms with van der Waals surface area (Å²) in [7, 11) is 0. The van der Waals surface area contributed by atoms with Crippen LogP contribution in [0.15, 0.2) is 18.2 Å². The molecule has 0 bridgehead atoms. The van der Waals surface area contributed by atoms with Crippen molar-refractivity contribution in [2.45, 2.75) is 33.7 Å². The van der Waals surface area contributed by atoms with Gasteiger partial charge in [0.15, 0.2) is 0 Å². The van der Waals surface area contributed by atoms with Crippen LogP contribution in [0, 0.1) is 12.8 Å². The van der Waals surface area contributed by atoms with E-state index in [0.29, 0.717) is 17.5 Å². The molecule has 0 spiro atoms. The quantitative estimate of drug-likeness (QED) is 0.784. The van der Waals surface area contributed by atoms with Gasteiger partial charge in [-0.05, 0) is 42.7 Å². The zero-order valence-corrected chi connectivity index (χ0v) is 12.6. The Bertz CT molecular complexity index is 608. The largest absolute Gasteiger partial charge is 0.382 e. The number of carbonyl (C=O) groups is 1. The van der Waals surface area contributed by atoms with Gasteiger partial charge in [0.05, 0.1) is 0 Å². The first-order valence-electron chi connectivity index (χ1n) is 6.90. The fourth-order valence-electron chi connectivity index (χ4n) is 1.83. The van der Waals surface area contributed by atoms with Gasteiger partial charge in [0.1, 0.15) is 0 Å².